The van der Waals surface area contributed by atoms with Gasteiger partial charge in [0, 0.05) is 32.1 Å². The first-order valence-electron chi connectivity index (χ1n) is 8.05. The van der Waals surface area contributed by atoms with E-state index < -0.39 is 0 Å². The highest BCUT2D eigenvalue weighted by Crippen LogP contribution is 2.35. The molecular weight excluding hydrogens is 264 g/mol. The van der Waals surface area contributed by atoms with Gasteiger partial charge in [-0.3, -0.25) is 9.59 Å². The van der Waals surface area contributed by atoms with Crippen molar-refractivity contribution in [2.45, 2.75) is 40.0 Å². The van der Waals surface area contributed by atoms with E-state index in [-0.39, 0.29) is 17.2 Å². The van der Waals surface area contributed by atoms with Crippen LogP contribution in [0, 0.1) is 17.3 Å². The molecule has 2 saturated heterocycles. The van der Waals surface area contributed by atoms with Crippen molar-refractivity contribution in [1.82, 2.24) is 9.80 Å². The zero-order valence-corrected chi connectivity index (χ0v) is 13.6. The van der Waals surface area contributed by atoms with Gasteiger partial charge in [0.15, 0.2) is 0 Å². The van der Waals surface area contributed by atoms with Crippen molar-refractivity contribution in [1.29, 1.82) is 0 Å². The number of carbonyl (C=O) groups is 2. The Morgan fingerprint density at radius 1 is 1.10 bits per heavy atom. The molecule has 2 amide bonds. The SMILES string of the molecule is C=CC(=O)N1CCC(C(=O)N2CCC(C)C(C)(C)C2)CC1. The third-order valence-corrected chi connectivity index (χ3v) is 5.41. The molecule has 4 nitrogen and oxygen atoms in total. The van der Waals surface area contributed by atoms with Crippen LogP contribution in [0.4, 0.5) is 0 Å². The summed E-state index contributed by atoms with van der Waals surface area (Å²) in [5.41, 5.74) is 0.202. The second-order valence-corrected chi connectivity index (χ2v) is 7.24. The Hall–Kier alpha value is -1.32. The van der Waals surface area contributed by atoms with Crippen molar-refractivity contribution >= 4 is 11.8 Å². The predicted molar refractivity (Wildman–Crippen MR) is 83.6 cm³/mol. The van der Waals surface area contributed by atoms with E-state index in [1.165, 1.54) is 6.08 Å². The van der Waals surface area contributed by atoms with Gasteiger partial charge in [0.25, 0.3) is 0 Å². The van der Waals surface area contributed by atoms with Gasteiger partial charge in [-0.05, 0) is 36.7 Å². The van der Waals surface area contributed by atoms with Gasteiger partial charge in [-0.1, -0.05) is 27.4 Å². The molecule has 118 valence electrons. The van der Waals surface area contributed by atoms with Crippen LogP contribution < -0.4 is 0 Å². The van der Waals surface area contributed by atoms with Crippen LogP contribution in [-0.4, -0.2) is 47.8 Å². The molecular formula is C17H28N2O2. The molecule has 0 aromatic carbocycles. The molecule has 0 radical (unpaired) electrons. The van der Waals surface area contributed by atoms with E-state index >= 15 is 0 Å². The van der Waals surface area contributed by atoms with Crippen molar-refractivity contribution in [2.75, 3.05) is 26.2 Å². The fourth-order valence-corrected chi connectivity index (χ4v) is 3.39. The Morgan fingerprint density at radius 3 is 2.19 bits per heavy atom. The van der Waals surface area contributed by atoms with Crippen molar-refractivity contribution in [3.8, 4) is 0 Å². The number of rotatable bonds is 2. The highest BCUT2D eigenvalue weighted by Gasteiger charge is 2.37. The number of hydrogen-bond acceptors (Lipinski definition) is 2. The minimum atomic E-state index is -0.0196. The van der Waals surface area contributed by atoms with Gasteiger partial charge >= 0.3 is 0 Å². The van der Waals surface area contributed by atoms with Gasteiger partial charge in [0.1, 0.15) is 0 Å². The highest BCUT2D eigenvalue weighted by atomic mass is 16.2. The molecule has 0 aliphatic carbocycles. The minimum Gasteiger partial charge on any atom is -0.342 e. The summed E-state index contributed by atoms with van der Waals surface area (Å²) in [5, 5.41) is 0. The maximum Gasteiger partial charge on any atom is 0.245 e. The van der Waals surface area contributed by atoms with Gasteiger partial charge in [-0.2, -0.15) is 0 Å². The van der Waals surface area contributed by atoms with Crippen LogP contribution in [0.15, 0.2) is 12.7 Å². The number of piperidine rings is 2. The fourth-order valence-electron chi connectivity index (χ4n) is 3.39. The van der Waals surface area contributed by atoms with Crippen LogP contribution in [0.2, 0.25) is 0 Å². The van der Waals surface area contributed by atoms with Gasteiger partial charge in [0.2, 0.25) is 11.8 Å². The molecule has 4 heteroatoms. The molecule has 0 aromatic rings. The lowest BCUT2D eigenvalue weighted by molar-refractivity contribution is -0.143. The number of likely N-dealkylation sites (tertiary alicyclic amines) is 2. The highest BCUT2D eigenvalue weighted by molar-refractivity contribution is 5.87. The van der Waals surface area contributed by atoms with Crippen molar-refractivity contribution in [3.05, 3.63) is 12.7 Å². The molecule has 2 heterocycles. The summed E-state index contributed by atoms with van der Waals surface area (Å²) in [6, 6.07) is 0. The fraction of sp³-hybridized carbons (Fsp3) is 0.765. The van der Waals surface area contributed by atoms with E-state index in [4.69, 9.17) is 0 Å². The quantitative estimate of drug-likeness (QED) is 0.733. The maximum atomic E-state index is 12.7. The predicted octanol–water partition coefficient (Wildman–Crippen LogP) is 2.31. The average Bonchev–Trinajstić information content (AvgIpc) is 2.48. The largest absolute Gasteiger partial charge is 0.342 e. The Kier molecular flexibility index (Phi) is 4.74. The zero-order valence-electron chi connectivity index (χ0n) is 13.6. The molecule has 0 N–H and O–H groups in total. The first-order chi connectivity index (χ1) is 9.85. The van der Waals surface area contributed by atoms with E-state index in [1.807, 2.05) is 0 Å². The van der Waals surface area contributed by atoms with Crippen molar-refractivity contribution in [2.24, 2.45) is 17.3 Å². The molecule has 2 aliphatic heterocycles. The Morgan fingerprint density at radius 2 is 1.67 bits per heavy atom. The van der Waals surface area contributed by atoms with E-state index in [9.17, 15) is 9.59 Å². The number of amides is 2. The molecule has 0 spiro atoms. The monoisotopic (exact) mass is 292 g/mol. The van der Waals surface area contributed by atoms with Gasteiger partial charge in [0.05, 0.1) is 0 Å². The summed E-state index contributed by atoms with van der Waals surface area (Å²) in [4.78, 5) is 28.1. The molecule has 0 bridgehead atoms. The van der Waals surface area contributed by atoms with Crippen LogP contribution in [0.25, 0.3) is 0 Å². The van der Waals surface area contributed by atoms with E-state index in [0.29, 0.717) is 24.9 Å². The summed E-state index contributed by atoms with van der Waals surface area (Å²) < 4.78 is 0. The molecule has 21 heavy (non-hydrogen) atoms. The topological polar surface area (TPSA) is 40.6 Å². The third kappa shape index (κ3) is 3.47. The summed E-state index contributed by atoms with van der Waals surface area (Å²) in [7, 11) is 0. The van der Waals surface area contributed by atoms with Gasteiger partial charge < -0.3 is 9.80 Å². The molecule has 0 aromatic heterocycles. The molecule has 2 aliphatic rings. The Balaban J connectivity index is 1.90. The van der Waals surface area contributed by atoms with Crippen LogP contribution in [0.1, 0.15) is 40.0 Å². The van der Waals surface area contributed by atoms with Crippen molar-refractivity contribution < 1.29 is 9.59 Å². The van der Waals surface area contributed by atoms with Crippen LogP contribution >= 0.6 is 0 Å². The summed E-state index contributed by atoms with van der Waals surface area (Å²) in [6.07, 6.45) is 4.01. The molecule has 1 unspecified atom stereocenters. The normalized spacial score (nSPS) is 26.5. The molecule has 1 atom stereocenters. The summed E-state index contributed by atoms with van der Waals surface area (Å²) in [5.74, 6) is 1.02. The molecule has 0 saturated carbocycles. The number of hydrogen-bond donors (Lipinski definition) is 0. The van der Waals surface area contributed by atoms with Crippen LogP contribution in [0.3, 0.4) is 0 Å². The zero-order chi connectivity index (χ0) is 15.6. The average molecular weight is 292 g/mol. The minimum absolute atomic E-state index is 0.0196. The van der Waals surface area contributed by atoms with Gasteiger partial charge in [-0.25, -0.2) is 0 Å². The van der Waals surface area contributed by atoms with Crippen LogP contribution in [-0.2, 0) is 9.59 Å². The van der Waals surface area contributed by atoms with Crippen molar-refractivity contribution in [3.63, 3.8) is 0 Å². The Bertz CT molecular complexity index is 423. The lowest BCUT2D eigenvalue weighted by Gasteiger charge is -2.44. The van der Waals surface area contributed by atoms with E-state index in [1.54, 1.807) is 4.90 Å². The third-order valence-electron chi connectivity index (χ3n) is 5.41. The lowest BCUT2D eigenvalue weighted by Crippen LogP contribution is -2.51. The Labute approximate surface area is 128 Å². The van der Waals surface area contributed by atoms with Gasteiger partial charge in [-0.15, -0.1) is 0 Å². The smallest absolute Gasteiger partial charge is 0.245 e. The molecule has 2 fully saturated rings. The standard InChI is InChI=1S/C17H28N2O2/c1-5-15(20)18-10-7-14(8-11-18)16(21)19-9-6-13(2)17(3,4)12-19/h5,13-14H,1,6-12H2,2-4H3. The number of nitrogens with zero attached hydrogens (tertiary/aromatic N) is 2. The number of carbonyl (C=O) groups excluding carboxylic acids is 2. The second-order valence-electron chi connectivity index (χ2n) is 7.24. The first kappa shape index (κ1) is 16.1. The van der Waals surface area contributed by atoms with Crippen LogP contribution in [0.5, 0.6) is 0 Å². The van der Waals surface area contributed by atoms with E-state index in [0.717, 1.165) is 32.4 Å². The summed E-state index contributed by atoms with van der Waals surface area (Å²) in [6.45, 7) is 13.4. The first-order valence-corrected chi connectivity index (χ1v) is 8.05. The lowest BCUT2D eigenvalue weighted by atomic mass is 9.74. The summed E-state index contributed by atoms with van der Waals surface area (Å²) >= 11 is 0. The molecule has 2 rings (SSSR count). The van der Waals surface area contributed by atoms with E-state index in [2.05, 4.69) is 32.3 Å². The maximum absolute atomic E-state index is 12.7. The second kappa shape index (κ2) is 6.20.